The minimum Gasteiger partial charge on any atom is -0.482 e. The van der Waals surface area contributed by atoms with Gasteiger partial charge in [-0.25, -0.2) is 0 Å². The van der Waals surface area contributed by atoms with Gasteiger partial charge < -0.3 is 14.7 Å². The lowest BCUT2D eigenvalue weighted by atomic mass is 9.94. The topological polar surface area (TPSA) is 75.0 Å². The van der Waals surface area contributed by atoms with E-state index in [0.717, 1.165) is 22.9 Å². The number of benzene rings is 3. The average molecular weight is 656 g/mol. The minimum atomic E-state index is -4.76. The number of pyridine rings is 1. The molecule has 0 saturated carbocycles. The standard InChI is InChI=1S/C33H29ClF3N3O4S/c1-19(41)24-15-39-29(31(30(24)42)44-16-21-9-4-3-5-10-21)32(43)38(20(2)33(35,36)37)18-40(39)28-23-12-6-7-14-26(23)45-17-22-11-8-13-25(34)27(22)28/h3-15,19-20,28,41H,16-18H2,1-2H3/t19?,20-,28-/m1/s1. The molecule has 12 heteroatoms. The Morgan fingerprint density at radius 1 is 1.02 bits per heavy atom. The monoisotopic (exact) mass is 655 g/mol. The number of carbonyl (C=O) groups is 1. The number of ether oxygens (including phenoxy) is 1. The molecule has 0 spiro atoms. The molecule has 6 rings (SSSR count). The van der Waals surface area contributed by atoms with Crippen LogP contribution in [0.2, 0.25) is 5.02 Å². The molecule has 2 aliphatic heterocycles. The number of amides is 1. The number of aliphatic hydroxyl groups excluding tert-OH is 1. The van der Waals surface area contributed by atoms with E-state index in [1.54, 1.807) is 53.2 Å². The van der Waals surface area contributed by atoms with Gasteiger partial charge in [-0.05, 0) is 42.7 Å². The number of aromatic nitrogens is 1. The smallest absolute Gasteiger partial charge is 0.408 e. The highest BCUT2D eigenvalue weighted by Gasteiger charge is 2.48. The summed E-state index contributed by atoms with van der Waals surface area (Å²) < 4.78 is 50.3. The summed E-state index contributed by atoms with van der Waals surface area (Å²) >= 11 is 8.43. The van der Waals surface area contributed by atoms with Gasteiger partial charge in [-0.15, -0.1) is 11.8 Å². The van der Waals surface area contributed by atoms with E-state index in [4.69, 9.17) is 16.3 Å². The van der Waals surface area contributed by atoms with Crippen LogP contribution in [0.15, 0.2) is 88.7 Å². The normalized spacial score (nSPS) is 17.6. The number of aliphatic hydroxyl groups is 1. The summed E-state index contributed by atoms with van der Waals surface area (Å²) in [5, 5.41) is 12.7. The van der Waals surface area contributed by atoms with E-state index >= 15 is 0 Å². The molecular weight excluding hydrogens is 627 g/mol. The summed E-state index contributed by atoms with van der Waals surface area (Å²) in [5.74, 6) is -0.911. The van der Waals surface area contributed by atoms with Crippen molar-refractivity contribution in [1.29, 1.82) is 0 Å². The van der Waals surface area contributed by atoms with Crippen LogP contribution in [-0.2, 0) is 12.4 Å². The molecule has 234 valence electrons. The molecule has 3 atom stereocenters. The first-order chi connectivity index (χ1) is 21.5. The van der Waals surface area contributed by atoms with E-state index < -0.39 is 48.1 Å². The number of alkyl halides is 3. The van der Waals surface area contributed by atoms with Gasteiger partial charge in [0.1, 0.15) is 25.4 Å². The summed E-state index contributed by atoms with van der Waals surface area (Å²) in [6.07, 6.45) is -4.71. The van der Waals surface area contributed by atoms with Gasteiger partial charge in [-0.2, -0.15) is 13.2 Å². The predicted octanol–water partition coefficient (Wildman–Crippen LogP) is 6.83. The summed E-state index contributed by atoms with van der Waals surface area (Å²) in [4.78, 5) is 29.5. The molecule has 2 aliphatic rings. The third kappa shape index (κ3) is 5.69. The van der Waals surface area contributed by atoms with E-state index in [1.807, 2.05) is 36.4 Å². The van der Waals surface area contributed by atoms with E-state index in [9.17, 15) is 27.9 Å². The zero-order valence-electron chi connectivity index (χ0n) is 24.3. The highest BCUT2D eigenvalue weighted by molar-refractivity contribution is 7.98. The largest absolute Gasteiger partial charge is 0.482 e. The molecule has 0 fully saturated rings. The van der Waals surface area contributed by atoms with Crippen LogP contribution in [0.1, 0.15) is 64.3 Å². The van der Waals surface area contributed by atoms with Gasteiger partial charge in [-0.1, -0.05) is 72.3 Å². The molecule has 4 aromatic rings. The Balaban J connectivity index is 1.64. The maximum atomic E-state index is 14.3. The van der Waals surface area contributed by atoms with Crippen LogP contribution in [0.25, 0.3) is 0 Å². The average Bonchev–Trinajstić information content (AvgIpc) is 3.18. The van der Waals surface area contributed by atoms with Crippen molar-refractivity contribution in [1.82, 2.24) is 9.58 Å². The van der Waals surface area contributed by atoms with Gasteiger partial charge >= 0.3 is 6.18 Å². The van der Waals surface area contributed by atoms with Gasteiger partial charge in [0.05, 0.1) is 6.10 Å². The number of carbonyl (C=O) groups excluding carboxylic acids is 1. The van der Waals surface area contributed by atoms with Crippen molar-refractivity contribution in [3.63, 3.8) is 0 Å². The van der Waals surface area contributed by atoms with Gasteiger partial charge in [0.25, 0.3) is 5.91 Å². The number of hydrogen-bond donors (Lipinski definition) is 1. The van der Waals surface area contributed by atoms with Crippen LogP contribution in [-0.4, -0.2) is 39.5 Å². The second-order valence-electron chi connectivity index (χ2n) is 11.0. The zero-order valence-corrected chi connectivity index (χ0v) is 25.9. The fraction of sp³-hybridized carbons (Fsp3) is 0.273. The third-order valence-electron chi connectivity index (χ3n) is 8.14. The summed E-state index contributed by atoms with van der Waals surface area (Å²) in [6.45, 7) is 1.69. The molecule has 7 nitrogen and oxygen atoms in total. The lowest BCUT2D eigenvalue weighted by Gasteiger charge is -2.46. The molecule has 1 unspecified atom stereocenters. The summed E-state index contributed by atoms with van der Waals surface area (Å²) in [7, 11) is 0. The van der Waals surface area contributed by atoms with Crippen molar-refractivity contribution in [2.24, 2.45) is 0 Å². The Labute approximate surface area is 266 Å². The Morgan fingerprint density at radius 3 is 2.44 bits per heavy atom. The SMILES string of the molecule is CC(O)c1cn2c(c(OCc3ccccc3)c1=O)C(=O)N([C@H](C)C(F)(F)F)CN2[C@@H]1c2ccccc2SCc2cccc(Cl)c21. The summed E-state index contributed by atoms with van der Waals surface area (Å²) in [5.41, 5.74) is 1.75. The fourth-order valence-electron chi connectivity index (χ4n) is 5.73. The number of thioether (sulfide) groups is 1. The molecule has 1 N–H and O–H groups in total. The fourth-order valence-corrected chi connectivity index (χ4v) is 7.12. The molecule has 0 bridgehead atoms. The number of hydrogen-bond acceptors (Lipinski definition) is 6. The maximum Gasteiger partial charge on any atom is 0.408 e. The highest BCUT2D eigenvalue weighted by atomic mass is 35.5. The minimum absolute atomic E-state index is 0.0763. The Morgan fingerprint density at radius 2 is 1.73 bits per heavy atom. The number of halogens is 4. The van der Waals surface area contributed by atoms with Crippen LogP contribution >= 0.6 is 23.4 Å². The molecule has 1 aromatic heterocycles. The van der Waals surface area contributed by atoms with Crippen LogP contribution < -0.4 is 15.2 Å². The number of fused-ring (bicyclic) bond motifs is 3. The van der Waals surface area contributed by atoms with Crippen molar-refractivity contribution in [2.45, 2.75) is 55.5 Å². The first-order valence-electron chi connectivity index (χ1n) is 14.2. The van der Waals surface area contributed by atoms with E-state index in [2.05, 4.69) is 0 Å². The van der Waals surface area contributed by atoms with Gasteiger partial charge in [0.2, 0.25) is 5.43 Å². The number of rotatable bonds is 6. The van der Waals surface area contributed by atoms with E-state index in [1.165, 1.54) is 17.8 Å². The Hall–Kier alpha value is -3.93. The lowest BCUT2D eigenvalue weighted by Crippen LogP contribution is -2.60. The van der Waals surface area contributed by atoms with Crippen LogP contribution in [0.3, 0.4) is 0 Å². The Bertz CT molecular complexity index is 1820. The summed E-state index contributed by atoms with van der Waals surface area (Å²) in [6, 6.07) is 18.9. The molecular formula is C33H29ClF3N3O4S. The van der Waals surface area contributed by atoms with Crippen molar-refractivity contribution < 1.29 is 27.8 Å². The van der Waals surface area contributed by atoms with E-state index in [0.29, 0.717) is 26.8 Å². The van der Waals surface area contributed by atoms with Crippen molar-refractivity contribution in [3.05, 3.63) is 128 Å². The first kappa shape index (κ1) is 31.1. The molecule has 3 aromatic carbocycles. The van der Waals surface area contributed by atoms with Gasteiger partial charge in [0, 0.05) is 33.0 Å². The highest BCUT2D eigenvalue weighted by Crippen LogP contribution is 2.46. The molecule has 45 heavy (non-hydrogen) atoms. The predicted molar refractivity (Wildman–Crippen MR) is 166 cm³/mol. The number of nitrogens with zero attached hydrogens (tertiary/aromatic N) is 3. The van der Waals surface area contributed by atoms with E-state index in [-0.39, 0.29) is 17.9 Å². The van der Waals surface area contributed by atoms with Crippen LogP contribution in [0.4, 0.5) is 13.2 Å². The zero-order chi connectivity index (χ0) is 32.0. The Kier molecular flexibility index (Phi) is 8.36. The molecule has 0 radical (unpaired) electrons. The third-order valence-corrected chi connectivity index (χ3v) is 9.61. The van der Waals surface area contributed by atoms with Crippen LogP contribution in [0.5, 0.6) is 5.75 Å². The second kappa shape index (κ2) is 12.1. The van der Waals surface area contributed by atoms with Gasteiger partial charge in [-0.3, -0.25) is 19.3 Å². The molecule has 3 heterocycles. The second-order valence-corrected chi connectivity index (χ2v) is 12.4. The quantitative estimate of drug-likeness (QED) is 0.246. The van der Waals surface area contributed by atoms with Crippen molar-refractivity contribution >= 4 is 29.3 Å². The first-order valence-corrected chi connectivity index (χ1v) is 15.6. The van der Waals surface area contributed by atoms with Crippen LogP contribution in [0, 0.1) is 0 Å². The lowest BCUT2D eigenvalue weighted by molar-refractivity contribution is -0.173. The maximum absolute atomic E-state index is 14.3. The molecule has 1 amide bonds. The molecule has 0 aliphatic carbocycles. The van der Waals surface area contributed by atoms with Crippen molar-refractivity contribution in [3.8, 4) is 5.75 Å². The van der Waals surface area contributed by atoms with Gasteiger partial charge in [0.15, 0.2) is 11.4 Å². The molecule has 0 saturated heterocycles. The van der Waals surface area contributed by atoms with Crippen molar-refractivity contribution in [2.75, 3.05) is 11.7 Å².